The highest BCUT2D eigenvalue weighted by atomic mass is 16.3. The van der Waals surface area contributed by atoms with Crippen LogP contribution in [0.15, 0.2) is 12.2 Å². The van der Waals surface area contributed by atoms with E-state index < -0.39 is 24.2 Å². The van der Waals surface area contributed by atoms with E-state index in [0.29, 0.717) is 6.42 Å². The first kappa shape index (κ1) is 55.1. The number of unbranched alkanes of at least 4 members (excludes halogenated alkanes) is 39. The first-order valence-electron chi connectivity index (χ1n) is 25.5. The molecule has 334 valence electrons. The lowest BCUT2D eigenvalue weighted by Gasteiger charge is -2.21. The summed E-state index contributed by atoms with van der Waals surface area (Å²) >= 11 is 0. The molecular formula is C51H101NO4. The van der Waals surface area contributed by atoms with E-state index in [2.05, 4.69) is 19.2 Å². The van der Waals surface area contributed by atoms with Gasteiger partial charge in [0, 0.05) is 0 Å². The number of hydrogen-bond donors (Lipinski definition) is 4. The topological polar surface area (TPSA) is 89.8 Å². The highest BCUT2D eigenvalue weighted by molar-refractivity contribution is 5.80. The number of rotatable bonds is 47. The van der Waals surface area contributed by atoms with Crippen LogP contribution in [0.2, 0.25) is 0 Å². The minimum atomic E-state index is -1.09. The van der Waals surface area contributed by atoms with Gasteiger partial charge in [-0.2, -0.15) is 0 Å². The molecule has 0 aliphatic carbocycles. The number of hydrogen-bond acceptors (Lipinski definition) is 4. The summed E-state index contributed by atoms with van der Waals surface area (Å²) in [7, 11) is 0. The van der Waals surface area contributed by atoms with Crippen molar-refractivity contribution in [2.75, 3.05) is 6.61 Å². The van der Waals surface area contributed by atoms with Gasteiger partial charge in [-0.05, 0) is 19.3 Å². The summed E-state index contributed by atoms with van der Waals surface area (Å²) in [6.45, 7) is 4.22. The van der Waals surface area contributed by atoms with Gasteiger partial charge in [-0.3, -0.25) is 4.79 Å². The Morgan fingerprint density at radius 2 is 0.696 bits per heavy atom. The van der Waals surface area contributed by atoms with Gasteiger partial charge >= 0.3 is 0 Å². The number of nitrogens with one attached hydrogen (secondary N) is 1. The Morgan fingerprint density at radius 3 is 0.982 bits per heavy atom. The van der Waals surface area contributed by atoms with Gasteiger partial charge in [0.1, 0.15) is 6.10 Å². The maximum atomic E-state index is 12.5. The third-order valence-electron chi connectivity index (χ3n) is 12.1. The van der Waals surface area contributed by atoms with Crippen LogP contribution in [-0.4, -0.2) is 46.1 Å². The fraction of sp³-hybridized carbons (Fsp3) is 0.941. The summed E-state index contributed by atoms with van der Waals surface area (Å²) in [6.07, 6.45) is 56.9. The van der Waals surface area contributed by atoms with E-state index in [1.54, 1.807) is 6.08 Å². The number of carbonyl (C=O) groups is 1. The molecule has 0 heterocycles. The second kappa shape index (κ2) is 46.8. The third-order valence-corrected chi connectivity index (χ3v) is 12.1. The first-order chi connectivity index (χ1) is 27.6. The van der Waals surface area contributed by atoms with Crippen LogP contribution in [0.25, 0.3) is 0 Å². The van der Waals surface area contributed by atoms with Gasteiger partial charge in [0.2, 0.25) is 5.91 Å². The molecule has 5 nitrogen and oxygen atoms in total. The third kappa shape index (κ3) is 41.3. The maximum Gasteiger partial charge on any atom is 0.249 e. The Morgan fingerprint density at radius 1 is 0.429 bits per heavy atom. The molecule has 3 atom stereocenters. The maximum absolute atomic E-state index is 12.5. The molecule has 0 aromatic rings. The van der Waals surface area contributed by atoms with Crippen molar-refractivity contribution >= 4 is 5.91 Å². The van der Waals surface area contributed by atoms with Crippen LogP contribution in [0.1, 0.15) is 284 Å². The molecule has 56 heavy (non-hydrogen) atoms. The Kier molecular flexibility index (Phi) is 46.0. The van der Waals surface area contributed by atoms with Gasteiger partial charge in [0.25, 0.3) is 0 Å². The Labute approximate surface area is 350 Å². The van der Waals surface area contributed by atoms with E-state index in [1.807, 2.05) is 6.08 Å². The highest BCUT2D eigenvalue weighted by Gasteiger charge is 2.22. The smallest absolute Gasteiger partial charge is 0.249 e. The normalized spacial score (nSPS) is 13.4. The molecule has 3 unspecified atom stereocenters. The summed E-state index contributed by atoms with van der Waals surface area (Å²) < 4.78 is 0. The summed E-state index contributed by atoms with van der Waals surface area (Å²) in [5.74, 6) is -0.497. The molecule has 4 N–H and O–H groups in total. The lowest BCUT2D eigenvalue weighted by molar-refractivity contribution is -0.131. The van der Waals surface area contributed by atoms with Crippen LogP contribution < -0.4 is 5.32 Å². The van der Waals surface area contributed by atoms with Gasteiger partial charge in [-0.1, -0.05) is 276 Å². The number of amides is 1. The zero-order valence-electron chi connectivity index (χ0n) is 38.0. The zero-order valence-corrected chi connectivity index (χ0v) is 38.0. The molecule has 0 radical (unpaired) electrons. The second-order valence-corrected chi connectivity index (χ2v) is 17.7. The molecule has 0 aliphatic rings. The van der Waals surface area contributed by atoms with Gasteiger partial charge < -0.3 is 20.6 Å². The molecule has 0 aliphatic heterocycles. The molecule has 0 spiro atoms. The lowest BCUT2D eigenvalue weighted by atomic mass is 10.0. The van der Waals surface area contributed by atoms with Crippen molar-refractivity contribution in [3.05, 3.63) is 12.2 Å². The van der Waals surface area contributed by atoms with Crippen LogP contribution in [0.5, 0.6) is 0 Å². The first-order valence-corrected chi connectivity index (χ1v) is 25.5. The minimum absolute atomic E-state index is 0.359. The fourth-order valence-electron chi connectivity index (χ4n) is 8.13. The SMILES string of the molecule is CCCCCCCCCCCCCCCCCCC/C=C/C(O)C(CO)NC(=O)C(O)CCCCCCCCCCCCCCCCCCCCCCCCC. The fourth-order valence-corrected chi connectivity index (χ4v) is 8.13. The van der Waals surface area contributed by atoms with Gasteiger partial charge in [0.05, 0.1) is 18.8 Å². The highest BCUT2D eigenvalue weighted by Crippen LogP contribution is 2.17. The van der Waals surface area contributed by atoms with E-state index in [-0.39, 0.29) is 6.61 Å². The Hall–Kier alpha value is -0.910. The van der Waals surface area contributed by atoms with Crippen molar-refractivity contribution in [1.29, 1.82) is 0 Å². The molecule has 0 fully saturated rings. The average Bonchev–Trinajstić information content (AvgIpc) is 3.20. The Balaban J connectivity index is 3.57. The zero-order chi connectivity index (χ0) is 40.8. The van der Waals surface area contributed by atoms with Crippen LogP contribution in [-0.2, 0) is 4.79 Å². The van der Waals surface area contributed by atoms with Crippen LogP contribution in [0.3, 0.4) is 0 Å². The average molecular weight is 792 g/mol. The van der Waals surface area contributed by atoms with Crippen molar-refractivity contribution < 1.29 is 20.1 Å². The molecule has 0 rings (SSSR count). The van der Waals surface area contributed by atoms with Gasteiger partial charge in [-0.25, -0.2) is 0 Å². The van der Waals surface area contributed by atoms with Gasteiger partial charge in [0.15, 0.2) is 0 Å². The van der Waals surface area contributed by atoms with E-state index in [1.165, 1.54) is 231 Å². The molecular weight excluding hydrogens is 691 g/mol. The molecule has 0 saturated carbocycles. The van der Waals surface area contributed by atoms with Crippen LogP contribution in [0, 0.1) is 0 Å². The molecule has 1 amide bonds. The Bertz CT molecular complexity index is 788. The molecule has 5 heteroatoms. The number of carbonyl (C=O) groups excluding carboxylic acids is 1. The van der Waals surface area contributed by atoms with Crippen molar-refractivity contribution in [2.24, 2.45) is 0 Å². The molecule has 0 bridgehead atoms. The van der Waals surface area contributed by atoms with Crippen molar-refractivity contribution in [2.45, 2.75) is 302 Å². The predicted molar refractivity (Wildman–Crippen MR) is 245 cm³/mol. The summed E-state index contributed by atoms with van der Waals surface area (Å²) in [6, 6.07) is -0.793. The lowest BCUT2D eigenvalue weighted by Crippen LogP contribution is -2.48. The largest absolute Gasteiger partial charge is 0.394 e. The summed E-state index contributed by atoms with van der Waals surface area (Å²) in [5.41, 5.74) is 0. The molecule has 0 saturated heterocycles. The second-order valence-electron chi connectivity index (χ2n) is 17.7. The van der Waals surface area contributed by atoms with Gasteiger partial charge in [-0.15, -0.1) is 0 Å². The predicted octanol–water partition coefficient (Wildman–Crippen LogP) is 15.2. The van der Waals surface area contributed by atoms with Crippen molar-refractivity contribution in [1.82, 2.24) is 5.32 Å². The van der Waals surface area contributed by atoms with E-state index in [9.17, 15) is 20.1 Å². The molecule has 0 aromatic carbocycles. The van der Waals surface area contributed by atoms with E-state index in [0.717, 1.165) is 32.1 Å². The molecule has 0 aromatic heterocycles. The van der Waals surface area contributed by atoms with Crippen molar-refractivity contribution in [3.63, 3.8) is 0 Å². The van der Waals surface area contributed by atoms with E-state index in [4.69, 9.17) is 0 Å². The number of aliphatic hydroxyl groups is 3. The standard InChI is InChI=1S/C51H101NO4/c1-3-5-7-9-11-13-15-17-19-21-23-24-25-26-28-30-32-34-36-38-40-42-44-46-50(55)51(56)52-48(47-53)49(54)45-43-41-39-37-35-33-31-29-27-22-20-18-16-14-12-10-8-6-4-2/h43,45,48-50,53-55H,3-42,44,46-47H2,1-2H3,(H,52,56)/b45-43+. The van der Waals surface area contributed by atoms with Crippen LogP contribution >= 0.6 is 0 Å². The van der Waals surface area contributed by atoms with E-state index >= 15 is 0 Å². The minimum Gasteiger partial charge on any atom is -0.394 e. The summed E-state index contributed by atoms with van der Waals surface area (Å²) in [4.78, 5) is 12.5. The quantitative estimate of drug-likeness (QED) is 0.0365. The summed E-state index contributed by atoms with van der Waals surface area (Å²) in [5, 5.41) is 33.3. The van der Waals surface area contributed by atoms with Crippen LogP contribution in [0.4, 0.5) is 0 Å². The monoisotopic (exact) mass is 792 g/mol. The number of allylic oxidation sites excluding steroid dienone is 1. The number of aliphatic hydroxyl groups excluding tert-OH is 3. The van der Waals surface area contributed by atoms with Crippen molar-refractivity contribution in [3.8, 4) is 0 Å².